The van der Waals surface area contributed by atoms with Crippen molar-refractivity contribution in [1.82, 2.24) is 0 Å². The first-order valence-corrected chi connectivity index (χ1v) is 8.47. The van der Waals surface area contributed by atoms with Crippen molar-refractivity contribution in [3.05, 3.63) is 34.4 Å². The maximum Gasteiger partial charge on any atom is 0.0671 e. The molecule has 1 atom stereocenters. The van der Waals surface area contributed by atoms with Crippen LogP contribution in [0, 0.1) is 20.8 Å². The number of benzene rings is 1. The van der Waals surface area contributed by atoms with Gasteiger partial charge < -0.3 is 5.11 Å². The predicted octanol–water partition coefficient (Wildman–Crippen LogP) is 4.19. The Balaban J connectivity index is 1.89. The molecule has 0 amide bonds. The van der Waals surface area contributed by atoms with E-state index in [4.69, 9.17) is 0 Å². The summed E-state index contributed by atoms with van der Waals surface area (Å²) in [4.78, 5) is 0. The van der Waals surface area contributed by atoms with Crippen LogP contribution in [-0.2, 0) is 6.42 Å². The Morgan fingerprint density at radius 2 is 1.74 bits per heavy atom. The van der Waals surface area contributed by atoms with Gasteiger partial charge in [0.25, 0.3) is 0 Å². The summed E-state index contributed by atoms with van der Waals surface area (Å²) in [5.74, 6) is 0.886. The lowest BCUT2D eigenvalue weighted by Gasteiger charge is -2.17. The highest BCUT2D eigenvalue weighted by atomic mass is 32.2. The molecule has 1 nitrogen and oxygen atoms in total. The Bertz CT molecular complexity index is 398. The summed E-state index contributed by atoms with van der Waals surface area (Å²) < 4.78 is 0. The van der Waals surface area contributed by atoms with Crippen LogP contribution in [0.5, 0.6) is 0 Å². The fourth-order valence-corrected chi connectivity index (χ4v) is 4.41. The van der Waals surface area contributed by atoms with E-state index in [1.54, 1.807) is 0 Å². The lowest BCUT2D eigenvalue weighted by molar-refractivity contribution is 0.199. The second-order valence-corrected chi connectivity index (χ2v) is 7.31. The molecule has 0 saturated heterocycles. The molecule has 0 bridgehead atoms. The standard InChI is InChI=1S/C17H26OS/c1-12-8-13(2)17(14(3)9-12)10-15(18)11-19-16-6-4-5-7-16/h8-9,15-16,18H,4-7,10-11H2,1-3H3. The van der Waals surface area contributed by atoms with Crippen molar-refractivity contribution < 1.29 is 5.11 Å². The summed E-state index contributed by atoms with van der Waals surface area (Å²) in [6.07, 6.45) is 6.05. The molecule has 19 heavy (non-hydrogen) atoms. The molecular formula is C17H26OS. The first-order chi connectivity index (χ1) is 9.06. The van der Waals surface area contributed by atoms with Crippen LogP contribution in [-0.4, -0.2) is 22.2 Å². The zero-order valence-electron chi connectivity index (χ0n) is 12.4. The van der Waals surface area contributed by atoms with E-state index in [9.17, 15) is 5.11 Å². The average Bonchev–Trinajstić information content (AvgIpc) is 2.84. The summed E-state index contributed by atoms with van der Waals surface area (Å²) in [5, 5.41) is 11.1. The Morgan fingerprint density at radius 1 is 1.16 bits per heavy atom. The highest BCUT2D eigenvalue weighted by Crippen LogP contribution is 2.30. The fourth-order valence-electron chi connectivity index (χ4n) is 3.13. The molecule has 1 aliphatic carbocycles. The maximum atomic E-state index is 10.3. The van der Waals surface area contributed by atoms with Gasteiger partial charge in [-0.3, -0.25) is 0 Å². The molecule has 1 aromatic carbocycles. The van der Waals surface area contributed by atoms with E-state index in [-0.39, 0.29) is 6.10 Å². The Morgan fingerprint density at radius 3 is 2.32 bits per heavy atom. The van der Waals surface area contributed by atoms with Gasteiger partial charge in [-0.2, -0.15) is 11.8 Å². The molecule has 0 aromatic heterocycles. The van der Waals surface area contributed by atoms with Gasteiger partial charge in [0.2, 0.25) is 0 Å². The topological polar surface area (TPSA) is 20.2 Å². The third kappa shape index (κ3) is 4.25. The number of aliphatic hydroxyl groups is 1. The highest BCUT2D eigenvalue weighted by Gasteiger charge is 2.18. The van der Waals surface area contributed by atoms with E-state index in [1.165, 1.54) is 47.9 Å². The van der Waals surface area contributed by atoms with Gasteiger partial charge in [-0.15, -0.1) is 0 Å². The first kappa shape index (κ1) is 14.9. The summed E-state index contributed by atoms with van der Waals surface area (Å²) in [7, 11) is 0. The first-order valence-electron chi connectivity index (χ1n) is 7.42. The number of hydrogen-bond acceptors (Lipinski definition) is 2. The summed E-state index contributed by atoms with van der Waals surface area (Å²) in [6, 6.07) is 4.44. The van der Waals surface area contributed by atoms with E-state index in [0.717, 1.165) is 17.4 Å². The maximum absolute atomic E-state index is 10.3. The van der Waals surface area contributed by atoms with E-state index < -0.39 is 0 Å². The Kier molecular flexibility index (Phi) is 5.35. The number of thioether (sulfide) groups is 1. The highest BCUT2D eigenvalue weighted by molar-refractivity contribution is 7.99. The van der Waals surface area contributed by atoms with Gasteiger partial charge in [0.05, 0.1) is 6.10 Å². The fraction of sp³-hybridized carbons (Fsp3) is 0.647. The minimum atomic E-state index is -0.203. The number of hydrogen-bond donors (Lipinski definition) is 1. The lowest BCUT2D eigenvalue weighted by atomic mass is 9.96. The van der Waals surface area contributed by atoms with Gasteiger partial charge in [0.1, 0.15) is 0 Å². The largest absolute Gasteiger partial charge is 0.392 e. The second kappa shape index (κ2) is 6.81. The van der Waals surface area contributed by atoms with Crippen LogP contribution in [0.25, 0.3) is 0 Å². The molecule has 1 aliphatic rings. The van der Waals surface area contributed by atoms with Gasteiger partial charge in [-0.1, -0.05) is 30.5 Å². The summed E-state index contributed by atoms with van der Waals surface area (Å²) >= 11 is 1.98. The molecule has 1 N–H and O–H groups in total. The van der Waals surface area contributed by atoms with Crippen LogP contribution >= 0.6 is 11.8 Å². The minimum absolute atomic E-state index is 0.203. The number of rotatable bonds is 5. The SMILES string of the molecule is Cc1cc(C)c(CC(O)CSC2CCCC2)c(C)c1. The van der Waals surface area contributed by atoms with Gasteiger partial charge in [0.15, 0.2) is 0 Å². The second-order valence-electron chi connectivity index (χ2n) is 5.98. The summed E-state index contributed by atoms with van der Waals surface area (Å²) in [5.41, 5.74) is 5.29. The predicted molar refractivity (Wildman–Crippen MR) is 85.1 cm³/mol. The molecule has 0 spiro atoms. The molecule has 1 aromatic rings. The van der Waals surface area contributed by atoms with Crippen LogP contribution < -0.4 is 0 Å². The number of aliphatic hydroxyl groups excluding tert-OH is 1. The third-order valence-corrected chi connectivity index (χ3v) is 5.63. The molecular weight excluding hydrogens is 252 g/mol. The molecule has 2 rings (SSSR count). The molecule has 1 unspecified atom stereocenters. The van der Waals surface area contributed by atoms with Crippen molar-refractivity contribution in [3.8, 4) is 0 Å². The minimum Gasteiger partial charge on any atom is -0.392 e. The van der Waals surface area contributed by atoms with Gasteiger partial charge in [-0.25, -0.2) is 0 Å². The zero-order valence-corrected chi connectivity index (χ0v) is 13.2. The zero-order chi connectivity index (χ0) is 13.8. The van der Waals surface area contributed by atoms with Crippen molar-refractivity contribution in [3.63, 3.8) is 0 Å². The van der Waals surface area contributed by atoms with Crippen LogP contribution in [0.15, 0.2) is 12.1 Å². The van der Waals surface area contributed by atoms with Crippen molar-refractivity contribution >= 4 is 11.8 Å². The van der Waals surface area contributed by atoms with Gasteiger partial charge >= 0.3 is 0 Å². The normalized spacial score (nSPS) is 17.9. The van der Waals surface area contributed by atoms with E-state index in [0.29, 0.717) is 0 Å². The number of aryl methyl sites for hydroxylation is 3. The summed E-state index contributed by atoms with van der Waals surface area (Å²) in [6.45, 7) is 6.45. The molecule has 0 aliphatic heterocycles. The van der Waals surface area contributed by atoms with E-state index >= 15 is 0 Å². The van der Waals surface area contributed by atoms with Crippen LogP contribution in [0.3, 0.4) is 0 Å². The van der Waals surface area contributed by atoms with Crippen molar-refractivity contribution in [2.45, 2.75) is 64.2 Å². The van der Waals surface area contributed by atoms with Crippen LogP contribution in [0.2, 0.25) is 0 Å². The van der Waals surface area contributed by atoms with Gasteiger partial charge in [0, 0.05) is 11.0 Å². The smallest absolute Gasteiger partial charge is 0.0671 e. The van der Waals surface area contributed by atoms with Crippen molar-refractivity contribution in [1.29, 1.82) is 0 Å². The third-order valence-electron chi connectivity index (χ3n) is 4.11. The van der Waals surface area contributed by atoms with Crippen LogP contribution in [0.4, 0.5) is 0 Å². The van der Waals surface area contributed by atoms with Crippen LogP contribution in [0.1, 0.15) is 47.9 Å². The monoisotopic (exact) mass is 278 g/mol. The molecule has 0 radical (unpaired) electrons. The van der Waals surface area contributed by atoms with Crippen molar-refractivity contribution in [2.75, 3.05) is 5.75 Å². The quantitative estimate of drug-likeness (QED) is 0.871. The molecule has 2 heteroatoms. The Hall–Kier alpha value is -0.470. The average molecular weight is 278 g/mol. The molecule has 0 heterocycles. The van der Waals surface area contributed by atoms with Crippen molar-refractivity contribution in [2.24, 2.45) is 0 Å². The Labute approximate surface area is 121 Å². The molecule has 1 saturated carbocycles. The lowest BCUT2D eigenvalue weighted by Crippen LogP contribution is -2.17. The molecule has 1 fully saturated rings. The van der Waals surface area contributed by atoms with Gasteiger partial charge in [-0.05, 0) is 56.7 Å². The van der Waals surface area contributed by atoms with E-state index in [1.807, 2.05) is 11.8 Å². The van der Waals surface area contributed by atoms with E-state index in [2.05, 4.69) is 32.9 Å². The molecule has 106 valence electrons.